The zero-order valence-corrected chi connectivity index (χ0v) is 10.6. The van der Waals surface area contributed by atoms with E-state index in [4.69, 9.17) is 0 Å². The van der Waals surface area contributed by atoms with Gasteiger partial charge in [0.1, 0.15) is 6.04 Å². The molecule has 0 saturated carbocycles. The summed E-state index contributed by atoms with van der Waals surface area (Å²) in [6, 6.07) is 3.82. The van der Waals surface area contributed by atoms with Crippen LogP contribution in [0.2, 0.25) is 0 Å². The minimum atomic E-state index is -0.780. The van der Waals surface area contributed by atoms with E-state index < -0.39 is 12.0 Å². The average Bonchev–Trinajstić information content (AvgIpc) is 2.32. The van der Waals surface area contributed by atoms with Crippen LogP contribution in [0.15, 0.2) is 12.1 Å². The van der Waals surface area contributed by atoms with Crippen LogP contribution in [-0.2, 0) is 11.2 Å². The molecule has 1 aromatic carbocycles. The van der Waals surface area contributed by atoms with Crippen molar-refractivity contribution in [1.29, 1.82) is 0 Å². The Morgan fingerprint density at radius 3 is 2.65 bits per heavy atom. The minimum Gasteiger partial charge on any atom is -0.480 e. The highest BCUT2D eigenvalue weighted by Gasteiger charge is 2.32. The van der Waals surface area contributed by atoms with E-state index in [-0.39, 0.29) is 6.04 Å². The number of aliphatic carboxylic acids is 1. The Balaban J connectivity index is 2.55. The van der Waals surface area contributed by atoms with Crippen LogP contribution in [0.3, 0.4) is 0 Å². The van der Waals surface area contributed by atoms with Crippen LogP contribution in [0.4, 0.5) is 0 Å². The van der Waals surface area contributed by atoms with Gasteiger partial charge in [-0.15, -0.1) is 0 Å². The van der Waals surface area contributed by atoms with Crippen molar-refractivity contribution in [2.45, 2.75) is 45.7 Å². The third-order valence-corrected chi connectivity index (χ3v) is 3.69. The van der Waals surface area contributed by atoms with Crippen molar-refractivity contribution in [2.75, 3.05) is 0 Å². The van der Waals surface area contributed by atoms with Crippen molar-refractivity contribution >= 4 is 5.97 Å². The molecule has 0 saturated heterocycles. The zero-order valence-electron chi connectivity index (χ0n) is 10.6. The molecule has 92 valence electrons. The SMILES string of the molecule is CCC1Cc2c(C)ccc(C)c2C(C(=O)O)N1. The number of carbonyl (C=O) groups is 1. The molecule has 2 unspecified atom stereocenters. The van der Waals surface area contributed by atoms with Crippen LogP contribution < -0.4 is 5.32 Å². The molecule has 0 aliphatic carbocycles. The van der Waals surface area contributed by atoms with E-state index in [1.165, 1.54) is 11.1 Å². The van der Waals surface area contributed by atoms with Gasteiger partial charge in [0, 0.05) is 6.04 Å². The molecule has 2 atom stereocenters. The number of benzene rings is 1. The van der Waals surface area contributed by atoms with Crippen LogP contribution in [0.25, 0.3) is 0 Å². The average molecular weight is 233 g/mol. The number of hydrogen-bond acceptors (Lipinski definition) is 2. The number of hydrogen-bond donors (Lipinski definition) is 2. The molecule has 0 amide bonds. The number of nitrogens with one attached hydrogen (secondary N) is 1. The number of fused-ring (bicyclic) bond motifs is 1. The molecular formula is C14H19NO2. The minimum absolute atomic E-state index is 0.268. The molecule has 1 aliphatic rings. The Hall–Kier alpha value is -1.35. The first-order valence-corrected chi connectivity index (χ1v) is 6.12. The van der Waals surface area contributed by atoms with Crippen molar-refractivity contribution < 1.29 is 9.90 Å². The lowest BCUT2D eigenvalue weighted by Gasteiger charge is -2.32. The standard InChI is InChI=1S/C14H19NO2/c1-4-10-7-11-8(2)5-6-9(3)12(11)13(15-10)14(16)17/h5-6,10,13,15H,4,7H2,1-3H3,(H,16,17). The fourth-order valence-electron chi connectivity index (χ4n) is 2.64. The van der Waals surface area contributed by atoms with E-state index in [0.29, 0.717) is 0 Å². The van der Waals surface area contributed by atoms with E-state index >= 15 is 0 Å². The molecule has 2 rings (SSSR count). The zero-order chi connectivity index (χ0) is 12.6. The third kappa shape index (κ3) is 2.07. The van der Waals surface area contributed by atoms with Gasteiger partial charge >= 0.3 is 5.97 Å². The quantitative estimate of drug-likeness (QED) is 0.824. The number of carboxylic acid groups (broad SMARTS) is 1. The highest BCUT2D eigenvalue weighted by atomic mass is 16.4. The summed E-state index contributed by atoms with van der Waals surface area (Å²) < 4.78 is 0. The smallest absolute Gasteiger partial charge is 0.325 e. The molecule has 2 N–H and O–H groups in total. The third-order valence-electron chi connectivity index (χ3n) is 3.69. The van der Waals surface area contributed by atoms with Crippen molar-refractivity contribution in [3.8, 4) is 0 Å². The topological polar surface area (TPSA) is 49.3 Å². The van der Waals surface area contributed by atoms with Gasteiger partial charge < -0.3 is 5.11 Å². The second-order valence-electron chi connectivity index (χ2n) is 4.84. The predicted octanol–water partition coefficient (Wildman–Crippen LogP) is 2.35. The van der Waals surface area contributed by atoms with Gasteiger partial charge in [-0.3, -0.25) is 10.1 Å². The summed E-state index contributed by atoms with van der Waals surface area (Å²) in [5.41, 5.74) is 4.47. The lowest BCUT2D eigenvalue weighted by atomic mass is 9.84. The second kappa shape index (κ2) is 4.49. The lowest BCUT2D eigenvalue weighted by Crippen LogP contribution is -2.43. The Morgan fingerprint density at radius 1 is 1.41 bits per heavy atom. The van der Waals surface area contributed by atoms with E-state index in [0.717, 1.165) is 24.0 Å². The summed E-state index contributed by atoms with van der Waals surface area (Å²) in [5, 5.41) is 12.6. The first-order chi connectivity index (χ1) is 8.04. The Kier molecular flexibility index (Phi) is 3.20. The Morgan fingerprint density at radius 2 is 2.06 bits per heavy atom. The molecule has 0 bridgehead atoms. The normalized spacial score (nSPS) is 23.2. The highest BCUT2D eigenvalue weighted by Crippen LogP contribution is 2.31. The summed E-state index contributed by atoms with van der Waals surface area (Å²) in [4.78, 5) is 11.4. The molecule has 0 spiro atoms. The van der Waals surface area contributed by atoms with Crippen molar-refractivity contribution in [1.82, 2.24) is 5.32 Å². The van der Waals surface area contributed by atoms with Crippen LogP contribution in [0, 0.1) is 13.8 Å². The first kappa shape index (κ1) is 12.1. The van der Waals surface area contributed by atoms with Gasteiger partial charge in [0.25, 0.3) is 0 Å². The molecule has 0 aromatic heterocycles. The van der Waals surface area contributed by atoms with Gasteiger partial charge in [0.05, 0.1) is 0 Å². The summed E-state index contributed by atoms with van der Waals surface area (Å²) in [7, 11) is 0. The molecule has 1 aliphatic heterocycles. The van der Waals surface area contributed by atoms with Gasteiger partial charge in [0.2, 0.25) is 0 Å². The molecular weight excluding hydrogens is 214 g/mol. The second-order valence-corrected chi connectivity index (χ2v) is 4.84. The molecule has 3 nitrogen and oxygen atoms in total. The molecule has 0 radical (unpaired) electrons. The summed E-state index contributed by atoms with van der Waals surface area (Å²) >= 11 is 0. The van der Waals surface area contributed by atoms with Crippen LogP contribution in [0.1, 0.15) is 41.6 Å². The maximum Gasteiger partial charge on any atom is 0.325 e. The maximum atomic E-state index is 11.4. The van der Waals surface area contributed by atoms with Crippen molar-refractivity contribution in [2.24, 2.45) is 0 Å². The monoisotopic (exact) mass is 233 g/mol. The van der Waals surface area contributed by atoms with E-state index in [1.807, 2.05) is 13.0 Å². The maximum absolute atomic E-state index is 11.4. The molecule has 1 heterocycles. The van der Waals surface area contributed by atoms with Crippen LogP contribution in [0.5, 0.6) is 0 Å². The van der Waals surface area contributed by atoms with Gasteiger partial charge in [-0.2, -0.15) is 0 Å². The van der Waals surface area contributed by atoms with Crippen LogP contribution in [-0.4, -0.2) is 17.1 Å². The van der Waals surface area contributed by atoms with Gasteiger partial charge in [-0.1, -0.05) is 19.1 Å². The molecule has 3 heteroatoms. The van der Waals surface area contributed by atoms with Crippen molar-refractivity contribution in [3.05, 3.63) is 34.4 Å². The molecule has 0 fully saturated rings. The van der Waals surface area contributed by atoms with E-state index in [2.05, 4.69) is 25.2 Å². The fourth-order valence-corrected chi connectivity index (χ4v) is 2.64. The Labute approximate surface area is 102 Å². The summed E-state index contributed by atoms with van der Waals surface area (Å²) in [5.74, 6) is -0.780. The van der Waals surface area contributed by atoms with Crippen LogP contribution >= 0.6 is 0 Å². The predicted molar refractivity (Wildman–Crippen MR) is 67.2 cm³/mol. The summed E-state index contributed by atoms with van der Waals surface area (Å²) in [6.07, 6.45) is 1.89. The number of rotatable bonds is 2. The lowest BCUT2D eigenvalue weighted by molar-refractivity contribution is -0.140. The van der Waals surface area contributed by atoms with E-state index in [1.54, 1.807) is 0 Å². The first-order valence-electron chi connectivity index (χ1n) is 6.12. The fraction of sp³-hybridized carbons (Fsp3) is 0.500. The number of carboxylic acids is 1. The van der Waals surface area contributed by atoms with Crippen molar-refractivity contribution in [3.63, 3.8) is 0 Å². The van der Waals surface area contributed by atoms with Gasteiger partial charge in [-0.25, -0.2) is 0 Å². The summed E-state index contributed by atoms with van der Waals surface area (Å²) in [6.45, 7) is 6.14. The van der Waals surface area contributed by atoms with Gasteiger partial charge in [-0.05, 0) is 48.9 Å². The molecule has 1 aromatic rings. The highest BCUT2D eigenvalue weighted by molar-refractivity contribution is 5.77. The molecule has 17 heavy (non-hydrogen) atoms. The van der Waals surface area contributed by atoms with E-state index in [9.17, 15) is 9.90 Å². The van der Waals surface area contributed by atoms with Gasteiger partial charge in [0.15, 0.2) is 0 Å². The largest absolute Gasteiger partial charge is 0.480 e. The number of aryl methyl sites for hydroxylation is 2. The Bertz CT molecular complexity index is 454.